The molecule has 160 valence electrons. The number of fused-ring (bicyclic) bond motifs is 3. The van der Waals surface area contributed by atoms with Crippen molar-refractivity contribution in [3.05, 3.63) is 94.7 Å². The molecule has 3 heteroatoms. The summed E-state index contributed by atoms with van der Waals surface area (Å²) in [7, 11) is 0. The Labute approximate surface area is 184 Å². The largest absolute Gasteiger partial charge is 0.508 e. The van der Waals surface area contributed by atoms with Gasteiger partial charge in [-0.15, -0.1) is 0 Å². The average Bonchev–Trinajstić information content (AvgIpc) is 2.80. The van der Waals surface area contributed by atoms with Crippen LogP contribution >= 0.6 is 0 Å². The van der Waals surface area contributed by atoms with Gasteiger partial charge in [-0.05, 0) is 78.5 Å². The third kappa shape index (κ3) is 3.32. The first-order chi connectivity index (χ1) is 15.0. The van der Waals surface area contributed by atoms with Crippen molar-refractivity contribution in [3.8, 4) is 5.75 Å². The van der Waals surface area contributed by atoms with Crippen molar-refractivity contribution in [3.63, 3.8) is 0 Å². The molecule has 1 fully saturated rings. The lowest BCUT2D eigenvalue weighted by Gasteiger charge is -2.54. The van der Waals surface area contributed by atoms with Crippen LogP contribution in [0, 0.1) is 5.92 Å². The summed E-state index contributed by atoms with van der Waals surface area (Å²) < 4.78 is 0. The minimum atomic E-state index is -0.988. The molecule has 1 unspecified atom stereocenters. The summed E-state index contributed by atoms with van der Waals surface area (Å²) >= 11 is 0. The van der Waals surface area contributed by atoms with Crippen LogP contribution < -0.4 is 5.32 Å². The van der Waals surface area contributed by atoms with E-state index in [0.29, 0.717) is 18.1 Å². The maximum absolute atomic E-state index is 12.2. The predicted molar refractivity (Wildman–Crippen MR) is 126 cm³/mol. The third-order valence-electron chi connectivity index (χ3n) is 7.77. The molecule has 0 spiro atoms. The zero-order valence-electron chi connectivity index (χ0n) is 18.1. The number of phenols is 1. The number of aromatic hydroxyl groups is 1. The summed E-state index contributed by atoms with van der Waals surface area (Å²) in [5.41, 5.74) is 4.73. The van der Waals surface area contributed by atoms with Crippen molar-refractivity contribution in [1.29, 1.82) is 0 Å². The molecule has 3 nitrogen and oxygen atoms in total. The van der Waals surface area contributed by atoms with E-state index in [1.165, 1.54) is 11.1 Å². The SMILES string of the molecule is CC[C@@]12C/C(=C\c3ccccc3)C(O)(C3=CC=CCN3)C[C@H]1CCc1cc(O)ccc12. The highest BCUT2D eigenvalue weighted by molar-refractivity contribution is 5.60. The van der Waals surface area contributed by atoms with Gasteiger partial charge in [-0.25, -0.2) is 0 Å². The van der Waals surface area contributed by atoms with Crippen molar-refractivity contribution in [2.24, 2.45) is 5.92 Å². The van der Waals surface area contributed by atoms with E-state index in [1.54, 1.807) is 0 Å². The number of aliphatic hydroxyl groups is 1. The lowest BCUT2D eigenvalue weighted by molar-refractivity contribution is 0.0176. The van der Waals surface area contributed by atoms with Crippen molar-refractivity contribution in [1.82, 2.24) is 5.32 Å². The minimum absolute atomic E-state index is 0.0147. The zero-order valence-corrected chi connectivity index (χ0v) is 18.1. The topological polar surface area (TPSA) is 52.5 Å². The van der Waals surface area contributed by atoms with Gasteiger partial charge in [-0.1, -0.05) is 61.5 Å². The number of benzene rings is 2. The summed E-state index contributed by atoms with van der Waals surface area (Å²) in [6.45, 7) is 3.03. The van der Waals surface area contributed by atoms with E-state index >= 15 is 0 Å². The van der Waals surface area contributed by atoms with Gasteiger partial charge in [0.25, 0.3) is 0 Å². The molecular weight excluding hydrogens is 382 g/mol. The first-order valence-electron chi connectivity index (χ1n) is 11.5. The van der Waals surface area contributed by atoms with Gasteiger partial charge in [0.05, 0.1) is 0 Å². The van der Waals surface area contributed by atoms with Crippen LogP contribution in [0.3, 0.4) is 0 Å². The molecule has 3 aliphatic rings. The maximum atomic E-state index is 12.2. The quantitative estimate of drug-likeness (QED) is 0.644. The van der Waals surface area contributed by atoms with Crippen LogP contribution in [0.4, 0.5) is 0 Å². The number of hydrogen-bond acceptors (Lipinski definition) is 3. The third-order valence-corrected chi connectivity index (χ3v) is 7.77. The van der Waals surface area contributed by atoms with Crippen molar-refractivity contribution in [2.45, 2.75) is 50.0 Å². The molecule has 0 amide bonds. The Morgan fingerprint density at radius 2 is 2.00 bits per heavy atom. The van der Waals surface area contributed by atoms with Gasteiger partial charge < -0.3 is 15.5 Å². The van der Waals surface area contributed by atoms with E-state index in [4.69, 9.17) is 0 Å². The van der Waals surface area contributed by atoms with Gasteiger partial charge in [-0.2, -0.15) is 0 Å². The number of hydrogen-bond donors (Lipinski definition) is 3. The lowest BCUT2D eigenvalue weighted by atomic mass is 9.51. The van der Waals surface area contributed by atoms with E-state index in [-0.39, 0.29) is 5.41 Å². The van der Waals surface area contributed by atoms with Gasteiger partial charge >= 0.3 is 0 Å². The normalized spacial score (nSPS) is 30.8. The fourth-order valence-corrected chi connectivity index (χ4v) is 6.16. The Bertz CT molecular complexity index is 1070. The van der Waals surface area contributed by atoms with Gasteiger partial charge in [0.2, 0.25) is 0 Å². The molecule has 3 atom stereocenters. The molecule has 1 aliphatic heterocycles. The highest BCUT2D eigenvalue weighted by Gasteiger charge is 2.54. The van der Waals surface area contributed by atoms with E-state index in [0.717, 1.165) is 49.1 Å². The van der Waals surface area contributed by atoms with E-state index < -0.39 is 5.60 Å². The Hall–Kier alpha value is -2.78. The zero-order chi connectivity index (χ0) is 21.5. The van der Waals surface area contributed by atoms with Crippen LogP contribution in [0.1, 0.15) is 49.3 Å². The molecule has 2 aromatic rings. The van der Waals surface area contributed by atoms with Crippen molar-refractivity contribution >= 4 is 6.08 Å². The molecule has 1 heterocycles. The van der Waals surface area contributed by atoms with E-state index in [9.17, 15) is 10.2 Å². The van der Waals surface area contributed by atoms with Crippen molar-refractivity contribution < 1.29 is 10.2 Å². The fourth-order valence-electron chi connectivity index (χ4n) is 6.16. The number of nitrogens with one attached hydrogen (secondary N) is 1. The molecule has 31 heavy (non-hydrogen) atoms. The summed E-state index contributed by atoms with van der Waals surface area (Å²) in [5.74, 6) is 0.736. The molecule has 5 rings (SSSR count). The van der Waals surface area contributed by atoms with E-state index in [1.807, 2.05) is 42.5 Å². The van der Waals surface area contributed by atoms with Gasteiger partial charge in [0, 0.05) is 17.7 Å². The van der Waals surface area contributed by atoms with Gasteiger partial charge in [0.15, 0.2) is 0 Å². The maximum Gasteiger partial charge on any atom is 0.126 e. The van der Waals surface area contributed by atoms with E-state index in [2.05, 4.69) is 42.6 Å². The summed E-state index contributed by atoms with van der Waals surface area (Å²) in [4.78, 5) is 0. The predicted octanol–water partition coefficient (Wildman–Crippen LogP) is 5.25. The van der Waals surface area contributed by atoms with Crippen LogP contribution in [-0.2, 0) is 11.8 Å². The molecular formula is C28H31NO2. The molecule has 0 aromatic heterocycles. The van der Waals surface area contributed by atoms with Crippen LogP contribution in [0.25, 0.3) is 6.08 Å². The minimum Gasteiger partial charge on any atom is -0.508 e. The first-order valence-corrected chi connectivity index (χ1v) is 11.5. The van der Waals surface area contributed by atoms with Crippen LogP contribution in [0.5, 0.6) is 5.75 Å². The molecule has 0 radical (unpaired) electrons. The molecule has 2 aromatic carbocycles. The molecule has 3 N–H and O–H groups in total. The molecule has 0 saturated heterocycles. The second-order valence-electron chi connectivity index (χ2n) is 9.30. The number of phenolic OH excluding ortho intramolecular Hbond substituents is 1. The second-order valence-corrected chi connectivity index (χ2v) is 9.30. The molecule has 2 aliphatic carbocycles. The van der Waals surface area contributed by atoms with Crippen LogP contribution in [0.2, 0.25) is 0 Å². The van der Waals surface area contributed by atoms with Gasteiger partial charge in [0.1, 0.15) is 11.4 Å². The second kappa shape index (κ2) is 7.72. The average molecular weight is 414 g/mol. The Morgan fingerprint density at radius 3 is 2.74 bits per heavy atom. The number of rotatable bonds is 3. The van der Waals surface area contributed by atoms with Crippen LogP contribution in [0.15, 0.2) is 78.0 Å². The van der Waals surface area contributed by atoms with Gasteiger partial charge in [-0.3, -0.25) is 0 Å². The smallest absolute Gasteiger partial charge is 0.126 e. The Kier molecular flexibility index (Phi) is 5.02. The summed E-state index contributed by atoms with van der Waals surface area (Å²) in [6, 6.07) is 16.2. The molecule has 1 saturated carbocycles. The Morgan fingerprint density at radius 1 is 1.16 bits per heavy atom. The number of allylic oxidation sites excluding steroid dienone is 2. The first kappa shape index (κ1) is 20.1. The summed E-state index contributed by atoms with van der Waals surface area (Å²) in [5, 5.41) is 25.7. The number of dihydropyridines is 1. The summed E-state index contributed by atoms with van der Waals surface area (Å²) in [6.07, 6.45) is 12.9. The monoisotopic (exact) mass is 413 g/mol. The fraction of sp³-hybridized carbons (Fsp3) is 0.357. The van der Waals surface area contributed by atoms with Crippen LogP contribution in [-0.4, -0.2) is 22.4 Å². The standard InChI is InChI=1S/C28H31NO2/c1-2-27-18-23(16-20-8-4-3-5-9-20)28(31,26-10-6-7-15-29-26)19-22(27)12-11-21-17-24(30)13-14-25(21)27/h3-10,13-14,16-17,22,29-31H,2,11-12,15,18-19H2,1H3/b23-16+/t22-,27-,28?/m1/s1. The Balaban J connectivity index is 1.66. The lowest BCUT2D eigenvalue weighted by Crippen LogP contribution is -2.54. The molecule has 0 bridgehead atoms. The van der Waals surface area contributed by atoms with Crippen molar-refractivity contribution in [2.75, 3.05) is 6.54 Å². The highest BCUT2D eigenvalue weighted by atomic mass is 16.3. The highest BCUT2D eigenvalue weighted by Crippen LogP contribution is 2.58. The number of aryl methyl sites for hydroxylation is 1.